The number of nitrogens with one attached hydrogen (secondary N) is 1. The van der Waals surface area contributed by atoms with Crippen LogP contribution >= 0.6 is 0 Å². The first kappa shape index (κ1) is 6.91. The van der Waals surface area contributed by atoms with E-state index in [0.29, 0.717) is 5.70 Å². The van der Waals surface area contributed by atoms with Gasteiger partial charge in [-0.1, -0.05) is 30.3 Å². The van der Waals surface area contributed by atoms with Gasteiger partial charge in [0, 0.05) is 5.56 Å². The molecule has 3 N–H and O–H groups in total. The van der Waals surface area contributed by atoms with Crippen molar-refractivity contribution in [1.29, 1.82) is 0 Å². The highest BCUT2D eigenvalue weighted by Crippen LogP contribution is 2.25. The van der Waals surface area contributed by atoms with Crippen LogP contribution < -0.4 is 11.1 Å². The highest BCUT2D eigenvalue weighted by atomic mass is 16.1. The molecule has 60 valence electrons. The van der Waals surface area contributed by atoms with E-state index >= 15 is 0 Å². The standard InChI is InChI=1S/C9H8N2O/c10-9(12)8-7(11-8)6-4-2-1-3-5-6/h1-5,11H,(H2,10,12). The van der Waals surface area contributed by atoms with Gasteiger partial charge in [0.05, 0.1) is 5.70 Å². The molecule has 1 aliphatic heterocycles. The Balaban J connectivity index is 2.31. The number of carbonyl (C=O) groups excluding carboxylic acids is 1. The molecule has 1 aromatic rings. The molecule has 0 bridgehead atoms. The highest BCUT2D eigenvalue weighted by molar-refractivity contribution is 6.08. The third-order valence-corrected chi connectivity index (χ3v) is 1.75. The van der Waals surface area contributed by atoms with Gasteiger partial charge in [-0.15, -0.1) is 0 Å². The lowest BCUT2D eigenvalue weighted by Gasteiger charge is -1.88. The average molecular weight is 160 g/mol. The summed E-state index contributed by atoms with van der Waals surface area (Å²) in [6, 6.07) is 9.62. The highest BCUT2D eigenvalue weighted by Gasteiger charge is 2.26. The van der Waals surface area contributed by atoms with Crippen LogP contribution in [0.1, 0.15) is 5.56 Å². The van der Waals surface area contributed by atoms with Crippen molar-refractivity contribution in [2.75, 3.05) is 0 Å². The largest absolute Gasteiger partial charge is 0.364 e. The molecule has 0 unspecified atom stereocenters. The second kappa shape index (κ2) is 2.37. The molecular weight excluding hydrogens is 152 g/mol. The molecule has 0 aromatic heterocycles. The van der Waals surface area contributed by atoms with Gasteiger partial charge in [0.1, 0.15) is 5.70 Å². The smallest absolute Gasteiger partial charge is 0.267 e. The van der Waals surface area contributed by atoms with Crippen LogP contribution in [0.4, 0.5) is 0 Å². The SMILES string of the molecule is NC(=O)C1=C(c2ccccc2)N1. The van der Waals surface area contributed by atoms with Crippen LogP contribution in [0, 0.1) is 0 Å². The van der Waals surface area contributed by atoms with Crippen LogP contribution in [-0.2, 0) is 4.79 Å². The monoisotopic (exact) mass is 160 g/mol. The predicted octanol–water partition coefficient (Wildman–Crippen LogP) is 0.444. The van der Waals surface area contributed by atoms with Gasteiger partial charge >= 0.3 is 0 Å². The van der Waals surface area contributed by atoms with Crippen LogP contribution in [0.3, 0.4) is 0 Å². The van der Waals surface area contributed by atoms with Gasteiger partial charge in [0.25, 0.3) is 5.91 Å². The summed E-state index contributed by atoms with van der Waals surface area (Å²) >= 11 is 0. The van der Waals surface area contributed by atoms with Crippen molar-refractivity contribution in [2.24, 2.45) is 5.73 Å². The Bertz CT molecular complexity index is 354. The summed E-state index contributed by atoms with van der Waals surface area (Å²) in [5.74, 6) is -0.395. The molecule has 0 radical (unpaired) electrons. The molecule has 0 aliphatic carbocycles. The molecule has 3 nitrogen and oxygen atoms in total. The molecule has 1 aromatic carbocycles. The lowest BCUT2D eigenvalue weighted by atomic mass is 10.2. The fourth-order valence-corrected chi connectivity index (χ4v) is 1.10. The number of primary amides is 1. The predicted molar refractivity (Wildman–Crippen MR) is 45.7 cm³/mol. The van der Waals surface area contributed by atoms with E-state index < -0.39 is 5.91 Å². The van der Waals surface area contributed by atoms with Gasteiger partial charge in [-0.2, -0.15) is 0 Å². The van der Waals surface area contributed by atoms with Crippen molar-refractivity contribution in [3.05, 3.63) is 41.6 Å². The molecule has 0 saturated carbocycles. The molecule has 0 fully saturated rings. The second-order valence-electron chi connectivity index (χ2n) is 2.61. The van der Waals surface area contributed by atoms with Crippen molar-refractivity contribution in [2.45, 2.75) is 0 Å². The van der Waals surface area contributed by atoms with E-state index in [0.717, 1.165) is 11.3 Å². The van der Waals surface area contributed by atoms with Gasteiger partial charge in [-0.3, -0.25) is 4.79 Å². The van der Waals surface area contributed by atoms with E-state index in [2.05, 4.69) is 5.32 Å². The Morgan fingerprint density at radius 3 is 2.42 bits per heavy atom. The third-order valence-electron chi connectivity index (χ3n) is 1.75. The Morgan fingerprint density at radius 2 is 1.92 bits per heavy atom. The van der Waals surface area contributed by atoms with E-state index in [4.69, 9.17) is 5.73 Å². The van der Waals surface area contributed by atoms with Gasteiger partial charge in [-0.05, 0) is 0 Å². The summed E-state index contributed by atoms with van der Waals surface area (Å²) < 4.78 is 0. The molecule has 1 aliphatic rings. The van der Waals surface area contributed by atoms with Crippen molar-refractivity contribution < 1.29 is 4.79 Å². The first-order valence-corrected chi connectivity index (χ1v) is 3.65. The van der Waals surface area contributed by atoms with E-state index in [1.807, 2.05) is 30.3 Å². The summed E-state index contributed by atoms with van der Waals surface area (Å²) in [5, 5.41) is 2.84. The van der Waals surface area contributed by atoms with Gasteiger partial charge in [0.15, 0.2) is 0 Å². The zero-order valence-electron chi connectivity index (χ0n) is 6.37. The Labute approximate surface area is 69.9 Å². The zero-order valence-corrected chi connectivity index (χ0v) is 6.37. The molecule has 0 saturated heterocycles. The Kier molecular flexibility index (Phi) is 1.37. The van der Waals surface area contributed by atoms with Crippen LogP contribution in [0.5, 0.6) is 0 Å². The van der Waals surface area contributed by atoms with Gasteiger partial charge in [-0.25, -0.2) is 0 Å². The van der Waals surface area contributed by atoms with Crippen molar-refractivity contribution >= 4 is 11.6 Å². The quantitative estimate of drug-likeness (QED) is 0.659. The lowest BCUT2D eigenvalue weighted by Crippen LogP contribution is -2.10. The summed E-state index contributed by atoms with van der Waals surface area (Å²) in [4.78, 5) is 10.6. The molecule has 0 atom stereocenters. The third kappa shape index (κ3) is 1.05. The molecule has 12 heavy (non-hydrogen) atoms. The van der Waals surface area contributed by atoms with Crippen LogP contribution in [0.25, 0.3) is 5.70 Å². The average Bonchev–Trinajstić information content (AvgIpc) is 2.84. The van der Waals surface area contributed by atoms with Crippen LogP contribution in [0.2, 0.25) is 0 Å². The number of hydrogen-bond donors (Lipinski definition) is 2. The van der Waals surface area contributed by atoms with E-state index in [1.54, 1.807) is 0 Å². The number of benzene rings is 1. The number of hydrogen-bond acceptors (Lipinski definition) is 2. The minimum Gasteiger partial charge on any atom is -0.364 e. The van der Waals surface area contributed by atoms with Crippen molar-refractivity contribution in [3.8, 4) is 0 Å². The van der Waals surface area contributed by atoms with Crippen LogP contribution in [-0.4, -0.2) is 5.91 Å². The summed E-state index contributed by atoms with van der Waals surface area (Å²) in [6.07, 6.45) is 0. The first-order chi connectivity index (χ1) is 5.79. The lowest BCUT2D eigenvalue weighted by molar-refractivity contribution is -0.114. The fraction of sp³-hybridized carbons (Fsp3) is 0. The maximum absolute atomic E-state index is 10.6. The normalized spacial score (nSPS) is 14.0. The Hall–Kier alpha value is -1.77. The molecule has 0 spiro atoms. The molecule has 1 amide bonds. The topological polar surface area (TPSA) is 65.0 Å². The molecule has 3 heteroatoms. The number of carbonyl (C=O) groups is 1. The second-order valence-corrected chi connectivity index (χ2v) is 2.61. The number of nitrogens with two attached hydrogens (primary N) is 1. The van der Waals surface area contributed by atoms with E-state index in [-0.39, 0.29) is 0 Å². The van der Waals surface area contributed by atoms with Gasteiger partial charge < -0.3 is 11.1 Å². The zero-order chi connectivity index (χ0) is 8.55. The maximum atomic E-state index is 10.6. The van der Waals surface area contributed by atoms with Gasteiger partial charge in [0.2, 0.25) is 0 Å². The van der Waals surface area contributed by atoms with Crippen LogP contribution in [0.15, 0.2) is 36.0 Å². The molecule has 1 heterocycles. The molecule has 2 rings (SSSR count). The number of rotatable bonds is 2. The van der Waals surface area contributed by atoms with E-state index in [9.17, 15) is 4.79 Å². The minimum atomic E-state index is -0.395. The Morgan fingerprint density at radius 1 is 1.25 bits per heavy atom. The summed E-state index contributed by atoms with van der Waals surface area (Å²) in [6.45, 7) is 0. The molecular formula is C9H8N2O. The maximum Gasteiger partial charge on any atom is 0.267 e. The van der Waals surface area contributed by atoms with Crippen molar-refractivity contribution in [1.82, 2.24) is 5.32 Å². The summed E-state index contributed by atoms with van der Waals surface area (Å²) in [5.41, 5.74) is 7.45. The van der Waals surface area contributed by atoms with E-state index in [1.165, 1.54) is 0 Å². The number of amides is 1. The summed E-state index contributed by atoms with van der Waals surface area (Å²) in [7, 11) is 0. The minimum absolute atomic E-state index is 0.395. The first-order valence-electron chi connectivity index (χ1n) is 3.65. The fourth-order valence-electron chi connectivity index (χ4n) is 1.10. The van der Waals surface area contributed by atoms with Crippen molar-refractivity contribution in [3.63, 3.8) is 0 Å².